The van der Waals surface area contributed by atoms with Gasteiger partial charge in [-0.2, -0.15) is 0 Å². The van der Waals surface area contributed by atoms with Crippen LogP contribution in [-0.2, 0) is 7.05 Å². The first-order valence-corrected chi connectivity index (χ1v) is 11.1. The van der Waals surface area contributed by atoms with Gasteiger partial charge in [0, 0.05) is 45.9 Å². The highest BCUT2D eigenvalue weighted by molar-refractivity contribution is 5.92. The molecule has 1 aromatic carbocycles. The number of benzene rings is 1. The minimum atomic E-state index is 0.967. The molecule has 0 atom stereocenters. The molecule has 0 saturated heterocycles. The summed E-state index contributed by atoms with van der Waals surface area (Å²) in [6.07, 6.45) is 22.1. The van der Waals surface area contributed by atoms with E-state index in [0.29, 0.717) is 0 Å². The van der Waals surface area contributed by atoms with Crippen molar-refractivity contribution in [3.63, 3.8) is 0 Å². The summed E-state index contributed by atoms with van der Waals surface area (Å²) >= 11 is 0. The Morgan fingerprint density at radius 3 is 2.15 bits per heavy atom. The molecule has 2 heterocycles. The molecular formula is C31H32N2. The Bertz CT molecular complexity index is 1440. The molecular weight excluding hydrogens is 400 g/mol. The van der Waals surface area contributed by atoms with Gasteiger partial charge in [0.05, 0.1) is 10.9 Å². The zero-order chi connectivity index (χ0) is 24.0. The van der Waals surface area contributed by atoms with E-state index < -0.39 is 0 Å². The molecule has 0 aliphatic heterocycles. The van der Waals surface area contributed by atoms with E-state index in [2.05, 4.69) is 97.1 Å². The SMILES string of the molecule is C=C/C=c1\c(=C/C=C)n(/C(C=C)=C/c2c(/C=C\C)c(/C=C\C)n(C)c2C=C)c2ccccc12. The lowest BCUT2D eigenvalue weighted by molar-refractivity contribution is 0.901. The molecule has 0 N–H and O–H groups in total. The second-order valence-electron chi connectivity index (χ2n) is 7.59. The zero-order valence-corrected chi connectivity index (χ0v) is 19.9. The summed E-state index contributed by atoms with van der Waals surface area (Å²) in [4.78, 5) is 0. The smallest absolute Gasteiger partial charge is 0.0541 e. The minimum Gasteiger partial charge on any atom is -0.344 e. The Kier molecular flexibility index (Phi) is 7.53. The number of hydrogen-bond donors (Lipinski definition) is 0. The van der Waals surface area contributed by atoms with Gasteiger partial charge in [-0.15, -0.1) is 0 Å². The lowest BCUT2D eigenvalue weighted by atomic mass is 10.1. The Morgan fingerprint density at radius 2 is 1.55 bits per heavy atom. The van der Waals surface area contributed by atoms with E-state index in [-0.39, 0.29) is 0 Å². The number of nitrogens with zero attached hydrogens (tertiary/aromatic N) is 2. The Balaban J connectivity index is 2.52. The van der Waals surface area contributed by atoms with Crippen molar-refractivity contribution < 1.29 is 0 Å². The van der Waals surface area contributed by atoms with Crippen LogP contribution in [0.25, 0.3) is 53.1 Å². The summed E-state index contributed by atoms with van der Waals surface area (Å²) in [7, 11) is 2.07. The van der Waals surface area contributed by atoms with E-state index in [4.69, 9.17) is 0 Å². The first-order chi connectivity index (χ1) is 16.1. The lowest BCUT2D eigenvalue weighted by Gasteiger charge is -2.09. The molecule has 3 rings (SSSR count). The minimum absolute atomic E-state index is 0.967. The average molecular weight is 433 g/mol. The maximum atomic E-state index is 4.17. The van der Waals surface area contributed by atoms with E-state index in [1.54, 1.807) is 0 Å². The van der Waals surface area contributed by atoms with E-state index >= 15 is 0 Å². The van der Waals surface area contributed by atoms with Gasteiger partial charge in [-0.1, -0.05) is 81.0 Å². The summed E-state index contributed by atoms with van der Waals surface area (Å²) in [5.74, 6) is 0. The lowest BCUT2D eigenvalue weighted by Crippen LogP contribution is -2.28. The highest BCUT2D eigenvalue weighted by atomic mass is 15.0. The van der Waals surface area contributed by atoms with Crippen molar-refractivity contribution in [2.45, 2.75) is 13.8 Å². The molecule has 2 aromatic heterocycles. The number of hydrogen-bond acceptors (Lipinski definition) is 0. The van der Waals surface area contributed by atoms with Crippen LogP contribution in [0.2, 0.25) is 0 Å². The monoisotopic (exact) mass is 432 g/mol. The van der Waals surface area contributed by atoms with Crippen LogP contribution in [0.3, 0.4) is 0 Å². The zero-order valence-electron chi connectivity index (χ0n) is 19.9. The molecule has 0 aliphatic carbocycles. The van der Waals surface area contributed by atoms with Crippen LogP contribution in [0.1, 0.15) is 36.4 Å². The topological polar surface area (TPSA) is 9.86 Å². The first-order valence-electron chi connectivity index (χ1n) is 11.1. The second-order valence-corrected chi connectivity index (χ2v) is 7.59. The Morgan fingerprint density at radius 1 is 0.848 bits per heavy atom. The van der Waals surface area contributed by atoms with Crippen molar-refractivity contribution in [1.29, 1.82) is 0 Å². The highest BCUT2D eigenvalue weighted by Gasteiger charge is 2.16. The maximum absolute atomic E-state index is 4.17. The van der Waals surface area contributed by atoms with Crippen molar-refractivity contribution in [2.24, 2.45) is 7.05 Å². The third kappa shape index (κ3) is 4.20. The molecule has 0 bridgehead atoms. The average Bonchev–Trinajstić information content (AvgIpc) is 3.25. The predicted octanol–water partition coefficient (Wildman–Crippen LogP) is 6.81. The Hall–Kier alpha value is -4.04. The van der Waals surface area contributed by atoms with Crippen molar-refractivity contribution in [3.8, 4) is 0 Å². The van der Waals surface area contributed by atoms with Gasteiger partial charge in [-0.05, 0) is 50.3 Å². The molecule has 2 nitrogen and oxygen atoms in total. The molecule has 0 spiro atoms. The predicted molar refractivity (Wildman–Crippen MR) is 150 cm³/mol. The molecule has 33 heavy (non-hydrogen) atoms. The van der Waals surface area contributed by atoms with Gasteiger partial charge in [-0.25, -0.2) is 0 Å². The van der Waals surface area contributed by atoms with Crippen LogP contribution < -0.4 is 10.6 Å². The van der Waals surface area contributed by atoms with Gasteiger partial charge in [0.15, 0.2) is 0 Å². The molecule has 0 amide bonds. The molecule has 3 aromatic rings. The highest BCUT2D eigenvalue weighted by Crippen LogP contribution is 2.30. The number of aromatic nitrogens is 2. The van der Waals surface area contributed by atoms with Gasteiger partial charge >= 0.3 is 0 Å². The fourth-order valence-corrected chi connectivity index (χ4v) is 4.36. The molecule has 0 saturated carbocycles. The van der Waals surface area contributed by atoms with E-state index in [1.165, 1.54) is 0 Å². The molecule has 0 fully saturated rings. The van der Waals surface area contributed by atoms with Crippen LogP contribution in [0.4, 0.5) is 0 Å². The summed E-state index contributed by atoms with van der Waals surface area (Å²) in [5.41, 5.74) is 6.51. The van der Waals surface area contributed by atoms with Crippen LogP contribution in [0.15, 0.2) is 81.0 Å². The van der Waals surface area contributed by atoms with Crippen LogP contribution in [-0.4, -0.2) is 9.13 Å². The van der Waals surface area contributed by atoms with E-state index in [1.807, 2.05) is 50.3 Å². The second kappa shape index (κ2) is 10.5. The van der Waals surface area contributed by atoms with Crippen LogP contribution in [0, 0.1) is 0 Å². The van der Waals surface area contributed by atoms with Gasteiger partial charge in [0.25, 0.3) is 0 Å². The fraction of sp³-hybridized carbons (Fsp3) is 0.0968. The van der Waals surface area contributed by atoms with E-state index in [0.717, 1.165) is 49.7 Å². The van der Waals surface area contributed by atoms with Crippen molar-refractivity contribution >= 4 is 53.1 Å². The molecule has 0 aliphatic rings. The van der Waals surface area contributed by atoms with Crippen LogP contribution in [0.5, 0.6) is 0 Å². The quantitative estimate of drug-likeness (QED) is 0.346. The summed E-state index contributed by atoms with van der Waals surface area (Å²) in [5, 5.41) is 3.29. The van der Waals surface area contributed by atoms with Crippen molar-refractivity contribution in [3.05, 3.63) is 114 Å². The Labute approximate surface area is 197 Å². The maximum Gasteiger partial charge on any atom is 0.0541 e. The molecule has 0 unspecified atom stereocenters. The normalized spacial score (nSPS) is 13.5. The fourth-order valence-electron chi connectivity index (χ4n) is 4.36. The summed E-state index contributed by atoms with van der Waals surface area (Å²) < 4.78 is 4.41. The summed E-state index contributed by atoms with van der Waals surface area (Å²) in [6.45, 7) is 20.2. The van der Waals surface area contributed by atoms with Gasteiger partial charge < -0.3 is 9.13 Å². The standard InChI is InChI=1S/C31H32N2/c1-8-16-24-26-20-14-15-21-31(26)33(30(24)19-11-4)23(12-5)22-27-25(17-9-2)29(18-10-3)32(7)28(27)13-6/h8-22H,1,4-6H2,2-3,7H3/b17-9-,18-10-,23-22+,24-16-,30-19+. The summed E-state index contributed by atoms with van der Waals surface area (Å²) in [6, 6.07) is 8.38. The van der Waals surface area contributed by atoms with Crippen molar-refractivity contribution in [2.75, 3.05) is 0 Å². The van der Waals surface area contributed by atoms with Crippen LogP contribution >= 0.6 is 0 Å². The third-order valence-corrected chi connectivity index (χ3v) is 5.69. The number of para-hydroxylation sites is 1. The van der Waals surface area contributed by atoms with Gasteiger partial charge in [-0.3, -0.25) is 0 Å². The van der Waals surface area contributed by atoms with Crippen molar-refractivity contribution in [1.82, 2.24) is 9.13 Å². The largest absolute Gasteiger partial charge is 0.344 e. The van der Waals surface area contributed by atoms with Gasteiger partial charge in [0.1, 0.15) is 0 Å². The molecule has 0 radical (unpaired) electrons. The number of fused-ring (bicyclic) bond motifs is 1. The van der Waals surface area contributed by atoms with Gasteiger partial charge in [0.2, 0.25) is 0 Å². The number of rotatable bonds is 8. The molecule has 166 valence electrons. The van der Waals surface area contributed by atoms with E-state index in [9.17, 15) is 0 Å². The number of allylic oxidation sites excluding steroid dienone is 6. The molecule has 2 heteroatoms. The third-order valence-electron chi connectivity index (χ3n) is 5.69. The first kappa shape index (κ1) is 23.6.